The van der Waals surface area contributed by atoms with Crippen molar-refractivity contribution in [3.05, 3.63) is 74.9 Å². The first kappa shape index (κ1) is 20.0. The highest BCUT2D eigenvalue weighted by molar-refractivity contribution is 7.99. The number of halogens is 1. The van der Waals surface area contributed by atoms with E-state index in [1.807, 2.05) is 61.5 Å². The number of ether oxygens (including phenoxy) is 1. The molecule has 2 heterocycles. The Morgan fingerprint density at radius 2 is 1.90 bits per heavy atom. The van der Waals surface area contributed by atoms with E-state index in [1.165, 1.54) is 11.8 Å². The third-order valence-corrected chi connectivity index (χ3v) is 6.60. The highest BCUT2D eigenvalue weighted by atomic mass is 35.5. The van der Waals surface area contributed by atoms with E-state index in [1.54, 1.807) is 11.3 Å². The maximum Gasteiger partial charge on any atom is 0.260 e. The molecule has 0 amide bonds. The first-order valence-corrected chi connectivity index (χ1v) is 11.4. The summed E-state index contributed by atoms with van der Waals surface area (Å²) in [6.07, 6.45) is 0.841. The van der Waals surface area contributed by atoms with Crippen molar-refractivity contribution in [1.82, 2.24) is 9.97 Å². The van der Waals surface area contributed by atoms with E-state index in [0.717, 1.165) is 38.8 Å². The molecule has 2 aromatic heterocycles. The summed E-state index contributed by atoms with van der Waals surface area (Å²) in [6.45, 7) is 2.63. The highest BCUT2D eigenvalue weighted by Gasteiger charge is 2.16. The highest BCUT2D eigenvalue weighted by Crippen LogP contribution is 2.35. The van der Waals surface area contributed by atoms with Crippen LogP contribution in [0.15, 0.2) is 64.5 Å². The number of aryl methyl sites for hydroxylation is 1. The van der Waals surface area contributed by atoms with Crippen LogP contribution in [0, 0.1) is 6.92 Å². The molecule has 0 saturated heterocycles. The van der Waals surface area contributed by atoms with Gasteiger partial charge in [-0.2, -0.15) is 0 Å². The topological polar surface area (TPSA) is 55.0 Å². The molecule has 2 aromatic carbocycles. The average molecular weight is 443 g/mol. The maximum atomic E-state index is 12.8. The second-order valence-electron chi connectivity index (χ2n) is 6.45. The zero-order chi connectivity index (χ0) is 20.2. The minimum Gasteiger partial charge on any atom is -0.494 e. The zero-order valence-electron chi connectivity index (χ0n) is 15.8. The van der Waals surface area contributed by atoms with Gasteiger partial charge in [0.2, 0.25) is 0 Å². The van der Waals surface area contributed by atoms with Crippen LogP contribution in [-0.2, 0) is 0 Å². The third-order valence-electron chi connectivity index (χ3n) is 4.39. The fourth-order valence-corrected chi connectivity index (χ4v) is 5.07. The minimum atomic E-state index is -0.0851. The van der Waals surface area contributed by atoms with Crippen LogP contribution in [0.1, 0.15) is 11.3 Å². The summed E-state index contributed by atoms with van der Waals surface area (Å²) in [7, 11) is 0. The second kappa shape index (κ2) is 9.03. The van der Waals surface area contributed by atoms with Crippen molar-refractivity contribution < 1.29 is 4.74 Å². The molecule has 29 heavy (non-hydrogen) atoms. The summed E-state index contributed by atoms with van der Waals surface area (Å²) >= 11 is 8.97. The molecule has 0 bridgehead atoms. The molecule has 0 radical (unpaired) electrons. The average Bonchev–Trinajstić information content (AvgIpc) is 3.06. The predicted molar refractivity (Wildman–Crippen MR) is 123 cm³/mol. The summed E-state index contributed by atoms with van der Waals surface area (Å²) in [5, 5.41) is 2.02. The van der Waals surface area contributed by atoms with Gasteiger partial charge in [0.15, 0.2) is 5.16 Å². The van der Waals surface area contributed by atoms with Crippen LogP contribution in [0.2, 0.25) is 5.02 Å². The monoisotopic (exact) mass is 442 g/mol. The number of rotatable bonds is 7. The lowest BCUT2D eigenvalue weighted by molar-refractivity contribution is 0.318. The molecule has 0 atom stereocenters. The molecule has 0 aliphatic rings. The van der Waals surface area contributed by atoms with E-state index in [9.17, 15) is 4.79 Å². The van der Waals surface area contributed by atoms with Gasteiger partial charge in [0.05, 0.1) is 12.0 Å². The standard InChI is InChI=1S/C22H19ClN2O2S2/c1-14-18(15-6-3-2-4-7-15)19-20(26)24-22(25-21(19)29-14)28-13-5-12-27-17-10-8-16(23)9-11-17/h2-4,6-11H,5,12-13H2,1H3,(H,24,25,26). The number of thioether (sulfide) groups is 1. The summed E-state index contributed by atoms with van der Waals surface area (Å²) < 4.78 is 5.70. The number of benzene rings is 2. The van der Waals surface area contributed by atoms with Crippen molar-refractivity contribution in [3.63, 3.8) is 0 Å². The summed E-state index contributed by atoms with van der Waals surface area (Å²) in [5.41, 5.74) is 1.94. The van der Waals surface area contributed by atoms with Crippen LogP contribution in [0.25, 0.3) is 21.3 Å². The number of fused-ring (bicyclic) bond motifs is 1. The molecular weight excluding hydrogens is 424 g/mol. The smallest absolute Gasteiger partial charge is 0.260 e. The lowest BCUT2D eigenvalue weighted by Crippen LogP contribution is -2.09. The Kier molecular flexibility index (Phi) is 6.23. The Morgan fingerprint density at radius 1 is 1.14 bits per heavy atom. The molecule has 0 fully saturated rings. The van der Waals surface area contributed by atoms with Crippen molar-refractivity contribution in [1.29, 1.82) is 0 Å². The van der Waals surface area contributed by atoms with Gasteiger partial charge in [-0.15, -0.1) is 11.3 Å². The molecule has 4 nitrogen and oxygen atoms in total. The van der Waals surface area contributed by atoms with Gasteiger partial charge in [-0.05, 0) is 43.2 Å². The van der Waals surface area contributed by atoms with Crippen molar-refractivity contribution in [2.45, 2.75) is 18.5 Å². The molecular formula is C22H19ClN2O2S2. The minimum absolute atomic E-state index is 0.0851. The van der Waals surface area contributed by atoms with Crippen molar-refractivity contribution in [2.24, 2.45) is 0 Å². The number of H-pyrrole nitrogens is 1. The largest absolute Gasteiger partial charge is 0.494 e. The van der Waals surface area contributed by atoms with Crippen LogP contribution in [0.5, 0.6) is 5.75 Å². The molecule has 4 rings (SSSR count). The molecule has 7 heteroatoms. The van der Waals surface area contributed by atoms with Crippen LogP contribution in [-0.4, -0.2) is 22.3 Å². The van der Waals surface area contributed by atoms with E-state index in [0.29, 0.717) is 22.2 Å². The molecule has 4 aromatic rings. The molecule has 1 N–H and O–H groups in total. The van der Waals surface area contributed by atoms with E-state index in [4.69, 9.17) is 16.3 Å². The fourth-order valence-electron chi connectivity index (χ4n) is 3.07. The van der Waals surface area contributed by atoms with Crippen molar-refractivity contribution in [2.75, 3.05) is 12.4 Å². The van der Waals surface area contributed by atoms with Gasteiger partial charge in [0.25, 0.3) is 5.56 Å². The van der Waals surface area contributed by atoms with Gasteiger partial charge in [-0.3, -0.25) is 4.79 Å². The Balaban J connectivity index is 1.43. The summed E-state index contributed by atoms with van der Waals surface area (Å²) in [4.78, 5) is 22.3. The van der Waals surface area contributed by atoms with Gasteiger partial charge in [0.1, 0.15) is 10.6 Å². The first-order chi connectivity index (χ1) is 14.1. The normalized spacial score (nSPS) is 11.1. The van der Waals surface area contributed by atoms with Gasteiger partial charge in [-0.25, -0.2) is 4.98 Å². The molecule has 0 saturated carbocycles. The number of nitrogens with zero attached hydrogens (tertiary/aromatic N) is 1. The maximum absolute atomic E-state index is 12.8. The summed E-state index contributed by atoms with van der Waals surface area (Å²) in [6, 6.07) is 17.3. The second-order valence-corrected chi connectivity index (χ2v) is 9.18. The van der Waals surface area contributed by atoms with E-state index in [2.05, 4.69) is 9.97 Å². The van der Waals surface area contributed by atoms with Crippen molar-refractivity contribution >= 4 is 44.9 Å². The van der Waals surface area contributed by atoms with Crippen LogP contribution in [0.3, 0.4) is 0 Å². The molecule has 0 spiro atoms. The van der Waals surface area contributed by atoms with E-state index in [-0.39, 0.29) is 5.56 Å². The SMILES string of the molecule is Cc1sc2nc(SCCCOc3ccc(Cl)cc3)[nH]c(=O)c2c1-c1ccccc1. The predicted octanol–water partition coefficient (Wildman–Crippen LogP) is 6.17. The van der Waals surface area contributed by atoms with E-state index < -0.39 is 0 Å². The molecule has 0 aliphatic heterocycles. The van der Waals surface area contributed by atoms with Gasteiger partial charge < -0.3 is 9.72 Å². The lowest BCUT2D eigenvalue weighted by atomic mass is 10.0. The van der Waals surface area contributed by atoms with Crippen molar-refractivity contribution in [3.8, 4) is 16.9 Å². The zero-order valence-corrected chi connectivity index (χ0v) is 18.2. The third kappa shape index (κ3) is 4.66. The van der Waals surface area contributed by atoms with Gasteiger partial charge in [0, 0.05) is 21.2 Å². The lowest BCUT2D eigenvalue weighted by Gasteiger charge is -2.06. The molecule has 0 aliphatic carbocycles. The number of hydrogen-bond acceptors (Lipinski definition) is 5. The molecule has 148 valence electrons. The Labute approximate surface area is 181 Å². The first-order valence-electron chi connectivity index (χ1n) is 9.22. The number of aromatic amines is 1. The Hall–Kier alpha value is -2.28. The Morgan fingerprint density at radius 3 is 2.66 bits per heavy atom. The number of nitrogens with one attached hydrogen (secondary N) is 1. The van der Waals surface area contributed by atoms with Gasteiger partial charge >= 0.3 is 0 Å². The Bertz CT molecular complexity index is 1170. The van der Waals surface area contributed by atoms with E-state index >= 15 is 0 Å². The van der Waals surface area contributed by atoms with Crippen LogP contribution in [0.4, 0.5) is 0 Å². The number of hydrogen-bond donors (Lipinski definition) is 1. The van der Waals surface area contributed by atoms with Crippen LogP contribution >= 0.6 is 34.7 Å². The molecule has 0 unspecified atom stereocenters. The van der Waals surface area contributed by atoms with Crippen LogP contribution < -0.4 is 10.3 Å². The number of aromatic nitrogens is 2. The quantitative estimate of drug-likeness (QED) is 0.211. The summed E-state index contributed by atoms with van der Waals surface area (Å²) in [5.74, 6) is 1.60. The van der Waals surface area contributed by atoms with Gasteiger partial charge in [-0.1, -0.05) is 53.7 Å². The fraction of sp³-hybridized carbons (Fsp3) is 0.182. The number of thiophene rings is 1.